The monoisotopic (exact) mass is 61.0 g/mol. The summed E-state index contributed by atoms with van der Waals surface area (Å²) in [5, 5.41) is 0. The summed E-state index contributed by atoms with van der Waals surface area (Å²) in [6, 6.07) is 0. The minimum absolute atomic E-state index is 2.08. The van der Waals surface area contributed by atoms with Crippen molar-refractivity contribution < 1.29 is 8.78 Å². The van der Waals surface area contributed by atoms with Crippen LogP contribution in [0, 0.1) is 0 Å². The quantitative estimate of drug-likeness (QED) is 0.350. The van der Waals surface area contributed by atoms with Crippen molar-refractivity contribution in [3.8, 4) is 0 Å². The molecule has 0 spiro atoms. The van der Waals surface area contributed by atoms with E-state index in [4.69, 9.17) is 0 Å². The Morgan fingerprint density at radius 3 is 1.50 bits per heavy atom. The van der Waals surface area contributed by atoms with Gasteiger partial charge in [-0.25, -0.2) is 0 Å². The van der Waals surface area contributed by atoms with Crippen molar-refractivity contribution in [2.45, 2.75) is 0 Å². The van der Waals surface area contributed by atoms with Crippen LogP contribution in [0.1, 0.15) is 0 Å². The second kappa shape index (κ2) is 1.15. The Hall–Kier alpha value is -0.205. The van der Waals surface area contributed by atoms with Gasteiger partial charge in [-0.05, 0) is 0 Å². The van der Waals surface area contributed by atoms with Crippen LogP contribution in [-0.2, 0) is 0 Å². The SMILES string of the molecule is [B]=C(F)F. The van der Waals surface area contributed by atoms with E-state index in [1.807, 2.05) is 0 Å². The normalized spacial score (nSPS) is 6.25. The average molecular weight is 60.8 g/mol. The molecule has 21 valence electrons. The van der Waals surface area contributed by atoms with Crippen LogP contribution in [0.2, 0.25) is 0 Å². The molecule has 0 fully saturated rings. The maximum atomic E-state index is 10.0. The molecule has 0 nitrogen and oxygen atoms in total. The van der Waals surface area contributed by atoms with Gasteiger partial charge in [0.15, 0.2) is 0 Å². The molecular formula is CBF2. The summed E-state index contributed by atoms with van der Waals surface area (Å²) >= 11 is 0. The zero-order valence-electron chi connectivity index (χ0n) is 1.83. The summed E-state index contributed by atoms with van der Waals surface area (Å²) in [7, 11) is 3.69. The molecule has 0 aliphatic carbocycles. The summed E-state index contributed by atoms with van der Waals surface area (Å²) in [5.74, 6) is -2.08. The minimum atomic E-state index is -2.08. The van der Waals surface area contributed by atoms with Gasteiger partial charge in [-0.1, -0.05) is 0 Å². The van der Waals surface area contributed by atoms with Gasteiger partial charge >= 0.3 is 22.2 Å². The van der Waals surface area contributed by atoms with Crippen molar-refractivity contribution in [1.29, 1.82) is 0 Å². The van der Waals surface area contributed by atoms with Crippen molar-refractivity contribution in [1.82, 2.24) is 0 Å². The molecule has 0 unspecified atom stereocenters. The second-order valence-electron chi connectivity index (χ2n) is 0.290. The van der Waals surface area contributed by atoms with Crippen LogP contribution in [-0.4, -0.2) is 13.5 Å². The van der Waals surface area contributed by atoms with Crippen LogP contribution in [0.15, 0.2) is 0 Å². The topological polar surface area (TPSA) is 0 Å². The van der Waals surface area contributed by atoms with E-state index >= 15 is 0 Å². The standard InChI is InChI=1S/CBF2/c2-1(3)4. The first-order chi connectivity index (χ1) is 1.73. The van der Waals surface area contributed by atoms with Crippen LogP contribution < -0.4 is 0 Å². The van der Waals surface area contributed by atoms with Crippen LogP contribution >= 0.6 is 0 Å². The molecule has 0 aliphatic rings. The molecule has 1 radical (unpaired) electrons. The molecule has 0 aromatic heterocycles. The van der Waals surface area contributed by atoms with E-state index in [1.54, 1.807) is 0 Å². The summed E-state index contributed by atoms with van der Waals surface area (Å²) in [5.41, 5.74) is 0. The van der Waals surface area contributed by atoms with Crippen molar-refractivity contribution >= 4 is 13.5 Å². The molecule has 3 heteroatoms. The van der Waals surface area contributed by atoms with Gasteiger partial charge in [0.05, 0.1) is 0 Å². The molecule has 0 N–H and O–H groups in total. The van der Waals surface area contributed by atoms with Crippen LogP contribution in [0.3, 0.4) is 0 Å². The van der Waals surface area contributed by atoms with Gasteiger partial charge in [0.25, 0.3) is 0 Å². The Balaban J connectivity index is 2.80. The Labute approximate surface area is 23.5 Å². The van der Waals surface area contributed by atoms with Gasteiger partial charge in [0.2, 0.25) is 0 Å². The summed E-state index contributed by atoms with van der Waals surface area (Å²) in [4.78, 5) is 0. The van der Waals surface area contributed by atoms with Gasteiger partial charge in [0.1, 0.15) is 0 Å². The van der Waals surface area contributed by atoms with Gasteiger partial charge < -0.3 is 0 Å². The van der Waals surface area contributed by atoms with E-state index in [9.17, 15) is 8.78 Å². The summed E-state index contributed by atoms with van der Waals surface area (Å²) in [6.07, 6.45) is 0. The Bertz CT molecular complexity index is 29.0. The molecule has 0 aromatic rings. The van der Waals surface area contributed by atoms with E-state index in [0.29, 0.717) is 0 Å². The number of hydrogen-bond donors (Lipinski definition) is 0. The first kappa shape index (κ1) is 3.79. The molecular weight excluding hydrogens is 60.8 g/mol. The van der Waals surface area contributed by atoms with Crippen molar-refractivity contribution in [2.24, 2.45) is 0 Å². The molecule has 0 aromatic carbocycles. The van der Waals surface area contributed by atoms with E-state index in [0.717, 1.165) is 0 Å². The zero-order chi connectivity index (χ0) is 3.58. The maximum absolute atomic E-state index is 10.0. The predicted molar refractivity (Wildman–Crippen MR) is 13.0 cm³/mol. The van der Waals surface area contributed by atoms with Gasteiger partial charge in [0, 0.05) is 0 Å². The Morgan fingerprint density at radius 1 is 1.50 bits per heavy atom. The van der Waals surface area contributed by atoms with Crippen molar-refractivity contribution in [2.75, 3.05) is 0 Å². The van der Waals surface area contributed by atoms with E-state index in [1.165, 1.54) is 0 Å². The van der Waals surface area contributed by atoms with E-state index < -0.39 is 5.97 Å². The number of halogens is 2. The fourth-order valence-electron chi connectivity index (χ4n) is 0. The molecule has 0 saturated heterocycles. The Kier molecular flexibility index (Phi) is 1.09. The van der Waals surface area contributed by atoms with Crippen molar-refractivity contribution in [3.63, 3.8) is 0 Å². The molecule has 0 heterocycles. The number of hydrogen-bond acceptors (Lipinski definition) is 0. The molecule has 4 heavy (non-hydrogen) atoms. The third kappa shape index (κ3) is 27.0. The molecule has 0 saturated carbocycles. The number of rotatable bonds is 0. The third-order valence-electron chi connectivity index (χ3n) is 0. The van der Waals surface area contributed by atoms with E-state index in [-0.39, 0.29) is 0 Å². The van der Waals surface area contributed by atoms with Gasteiger partial charge in [-0.2, -0.15) is 0 Å². The van der Waals surface area contributed by atoms with Crippen LogP contribution in [0.25, 0.3) is 0 Å². The third-order valence-corrected chi connectivity index (χ3v) is 0. The molecule has 0 atom stereocenters. The molecule has 0 aliphatic heterocycles. The molecule has 0 amide bonds. The first-order valence-corrected chi connectivity index (χ1v) is 0.667. The summed E-state index contributed by atoms with van der Waals surface area (Å²) in [6.45, 7) is 0. The first-order valence-electron chi connectivity index (χ1n) is 0.667. The predicted octanol–water partition coefficient (Wildman–Crippen LogP) is 0.181. The zero-order valence-corrected chi connectivity index (χ0v) is 1.83. The average Bonchev–Trinajstić information content (AvgIpc) is 0.811. The van der Waals surface area contributed by atoms with Crippen LogP contribution in [0.5, 0.6) is 0 Å². The van der Waals surface area contributed by atoms with E-state index in [2.05, 4.69) is 7.49 Å². The fraction of sp³-hybridized carbons (Fsp3) is 0. The van der Waals surface area contributed by atoms with Gasteiger partial charge in [-0.3, -0.25) is 0 Å². The molecule has 0 bridgehead atoms. The molecule has 0 rings (SSSR count). The summed E-state index contributed by atoms with van der Waals surface area (Å²) < 4.78 is 20.1. The van der Waals surface area contributed by atoms with Crippen LogP contribution in [0.4, 0.5) is 8.78 Å². The Morgan fingerprint density at radius 2 is 1.50 bits per heavy atom. The van der Waals surface area contributed by atoms with Gasteiger partial charge in [-0.15, -0.1) is 0 Å². The van der Waals surface area contributed by atoms with Crippen molar-refractivity contribution in [3.05, 3.63) is 0 Å². The second-order valence-corrected chi connectivity index (χ2v) is 0.290. The fourth-order valence-corrected chi connectivity index (χ4v) is 0.